The summed E-state index contributed by atoms with van der Waals surface area (Å²) in [7, 11) is 0. The van der Waals surface area contributed by atoms with Crippen LogP contribution in [0.15, 0.2) is 11.6 Å². The molecule has 2 nitrogen and oxygen atoms in total. The molecule has 2 heteroatoms. The number of hydrogen-bond acceptors (Lipinski definition) is 1. The first-order valence-electron chi connectivity index (χ1n) is 5.14. The number of carboxylic acid groups (broad SMARTS) is 1. The highest BCUT2D eigenvalue weighted by atomic mass is 16.4. The van der Waals surface area contributed by atoms with Gasteiger partial charge in [0.05, 0.1) is 0 Å². The lowest BCUT2D eigenvalue weighted by atomic mass is 9.72. The van der Waals surface area contributed by atoms with Crippen LogP contribution in [-0.2, 0) is 4.79 Å². The van der Waals surface area contributed by atoms with Crippen molar-refractivity contribution < 1.29 is 9.90 Å². The zero-order valence-electron chi connectivity index (χ0n) is 7.88. The minimum atomic E-state index is -0.706. The lowest BCUT2D eigenvalue weighted by Gasteiger charge is -2.33. The molecular weight excluding hydrogens is 164 g/mol. The van der Waals surface area contributed by atoms with Crippen molar-refractivity contribution in [3.8, 4) is 0 Å². The van der Waals surface area contributed by atoms with E-state index in [2.05, 4.69) is 0 Å². The van der Waals surface area contributed by atoms with Gasteiger partial charge in [-0.05, 0) is 31.1 Å². The monoisotopic (exact) mass is 180 g/mol. The summed E-state index contributed by atoms with van der Waals surface area (Å²) in [6.45, 7) is 0. The molecule has 0 amide bonds. The lowest BCUT2D eigenvalue weighted by molar-refractivity contribution is -0.132. The Morgan fingerprint density at radius 2 is 2.00 bits per heavy atom. The third-order valence-electron chi connectivity index (χ3n) is 3.54. The van der Waals surface area contributed by atoms with Crippen molar-refractivity contribution in [2.24, 2.45) is 5.41 Å². The second-order valence-corrected chi connectivity index (χ2v) is 4.48. The van der Waals surface area contributed by atoms with Crippen molar-refractivity contribution in [3.63, 3.8) is 0 Å². The Kier molecular flexibility index (Phi) is 2.14. The van der Waals surface area contributed by atoms with Crippen LogP contribution in [0.2, 0.25) is 0 Å². The molecule has 0 saturated heterocycles. The molecule has 1 N–H and O–H groups in total. The van der Waals surface area contributed by atoms with Crippen LogP contribution in [-0.4, -0.2) is 11.1 Å². The van der Waals surface area contributed by atoms with Crippen molar-refractivity contribution in [1.82, 2.24) is 0 Å². The molecule has 1 fully saturated rings. The molecular formula is C11H16O2. The van der Waals surface area contributed by atoms with E-state index in [1.165, 1.54) is 32.1 Å². The molecule has 0 atom stereocenters. The summed E-state index contributed by atoms with van der Waals surface area (Å²) in [5.74, 6) is -0.706. The molecule has 0 unspecified atom stereocenters. The van der Waals surface area contributed by atoms with Crippen LogP contribution in [0.1, 0.15) is 44.9 Å². The summed E-state index contributed by atoms with van der Waals surface area (Å²) in [5, 5.41) is 8.86. The van der Waals surface area contributed by atoms with Gasteiger partial charge in [0, 0.05) is 5.57 Å². The van der Waals surface area contributed by atoms with Gasteiger partial charge in [-0.2, -0.15) is 0 Å². The van der Waals surface area contributed by atoms with E-state index < -0.39 is 5.97 Å². The standard InChI is InChI=1S/C11H16O2/c12-10(13)9-4-7-11(8-9)5-2-1-3-6-11/h4H,1-3,5-8H2,(H,12,13). The van der Waals surface area contributed by atoms with Crippen molar-refractivity contribution in [2.75, 3.05) is 0 Å². The van der Waals surface area contributed by atoms with Gasteiger partial charge in [0.25, 0.3) is 0 Å². The number of rotatable bonds is 1. The lowest BCUT2D eigenvalue weighted by Crippen LogP contribution is -2.21. The van der Waals surface area contributed by atoms with Crippen LogP contribution in [0, 0.1) is 5.41 Å². The highest BCUT2D eigenvalue weighted by Crippen LogP contribution is 2.48. The van der Waals surface area contributed by atoms with Gasteiger partial charge in [0.2, 0.25) is 0 Å². The molecule has 13 heavy (non-hydrogen) atoms. The van der Waals surface area contributed by atoms with Gasteiger partial charge in [-0.15, -0.1) is 0 Å². The Labute approximate surface area is 78.6 Å². The molecule has 0 aromatic heterocycles. The second kappa shape index (κ2) is 3.17. The molecule has 0 bridgehead atoms. The minimum absolute atomic E-state index is 0.353. The molecule has 2 rings (SSSR count). The van der Waals surface area contributed by atoms with Crippen LogP contribution in [0.4, 0.5) is 0 Å². The minimum Gasteiger partial charge on any atom is -0.478 e. The fraction of sp³-hybridized carbons (Fsp3) is 0.727. The van der Waals surface area contributed by atoms with Gasteiger partial charge in [-0.25, -0.2) is 4.79 Å². The highest BCUT2D eigenvalue weighted by Gasteiger charge is 2.37. The maximum absolute atomic E-state index is 10.8. The molecule has 2 aliphatic carbocycles. The van der Waals surface area contributed by atoms with E-state index in [-0.39, 0.29) is 0 Å². The molecule has 0 aliphatic heterocycles. The molecule has 0 heterocycles. The summed E-state index contributed by atoms with van der Waals surface area (Å²) < 4.78 is 0. The highest BCUT2D eigenvalue weighted by molar-refractivity contribution is 5.87. The van der Waals surface area contributed by atoms with Crippen molar-refractivity contribution in [1.29, 1.82) is 0 Å². The smallest absolute Gasteiger partial charge is 0.331 e. The number of hydrogen-bond donors (Lipinski definition) is 1. The third kappa shape index (κ3) is 1.62. The van der Waals surface area contributed by atoms with Crippen molar-refractivity contribution >= 4 is 5.97 Å². The molecule has 0 aromatic carbocycles. The second-order valence-electron chi connectivity index (χ2n) is 4.48. The topological polar surface area (TPSA) is 37.3 Å². The Hall–Kier alpha value is -0.790. The average Bonchev–Trinajstić information content (AvgIpc) is 2.51. The molecule has 72 valence electrons. The van der Waals surface area contributed by atoms with Crippen LogP contribution in [0.25, 0.3) is 0 Å². The van der Waals surface area contributed by atoms with E-state index in [0.29, 0.717) is 11.0 Å². The summed E-state index contributed by atoms with van der Waals surface area (Å²) in [6.07, 6.45) is 10.2. The van der Waals surface area contributed by atoms with Crippen molar-refractivity contribution in [3.05, 3.63) is 11.6 Å². The van der Waals surface area contributed by atoms with Crippen LogP contribution in [0.5, 0.6) is 0 Å². The summed E-state index contributed by atoms with van der Waals surface area (Å²) in [5.41, 5.74) is 1.01. The third-order valence-corrected chi connectivity index (χ3v) is 3.54. The summed E-state index contributed by atoms with van der Waals surface area (Å²) in [6, 6.07) is 0. The molecule has 1 spiro atoms. The Morgan fingerprint density at radius 1 is 1.31 bits per heavy atom. The Balaban J connectivity index is 2.02. The predicted molar refractivity (Wildman–Crippen MR) is 50.5 cm³/mol. The summed E-state index contributed by atoms with van der Waals surface area (Å²) in [4.78, 5) is 10.8. The molecule has 0 radical (unpaired) electrons. The van der Waals surface area contributed by atoms with E-state index in [1.807, 2.05) is 6.08 Å². The van der Waals surface area contributed by atoms with E-state index >= 15 is 0 Å². The molecule has 0 aromatic rings. The maximum atomic E-state index is 10.8. The normalized spacial score (nSPS) is 26.0. The Bertz CT molecular complexity index is 247. The summed E-state index contributed by atoms with van der Waals surface area (Å²) >= 11 is 0. The number of carboxylic acids is 1. The van der Waals surface area contributed by atoms with E-state index in [0.717, 1.165) is 12.8 Å². The maximum Gasteiger partial charge on any atom is 0.331 e. The fourth-order valence-electron chi connectivity index (χ4n) is 2.73. The Morgan fingerprint density at radius 3 is 2.54 bits per heavy atom. The zero-order chi connectivity index (χ0) is 9.31. The first-order chi connectivity index (χ1) is 6.22. The first-order valence-corrected chi connectivity index (χ1v) is 5.14. The van der Waals surface area contributed by atoms with Crippen molar-refractivity contribution in [2.45, 2.75) is 44.9 Å². The van der Waals surface area contributed by atoms with E-state index in [4.69, 9.17) is 5.11 Å². The SMILES string of the molecule is O=C(O)C1=CCC2(CCCCC2)C1. The average molecular weight is 180 g/mol. The van der Waals surface area contributed by atoms with Gasteiger partial charge in [-0.1, -0.05) is 25.3 Å². The van der Waals surface area contributed by atoms with Gasteiger partial charge in [0.15, 0.2) is 0 Å². The number of aliphatic carboxylic acids is 1. The largest absolute Gasteiger partial charge is 0.478 e. The van der Waals surface area contributed by atoms with E-state index in [9.17, 15) is 4.79 Å². The first kappa shape index (κ1) is 8.79. The van der Waals surface area contributed by atoms with Gasteiger partial charge >= 0.3 is 5.97 Å². The number of carbonyl (C=O) groups is 1. The quantitative estimate of drug-likeness (QED) is 0.673. The predicted octanol–water partition coefficient (Wildman–Crippen LogP) is 2.74. The van der Waals surface area contributed by atoms with Crippen LogP contribution in [0.3, 0.4) is 0 Å². The van der Waals surface area contributed by atoms with Crippen LogP contribution >= 0.6 is 0 Å². The van der Waals surface area contributed by atoms with Crippen LogP contribution < -0.4 is 0 Å². The number of allylic oxidation sites excluding steroid dienone is 1. The van der Waals surface area contributed by atoms with Gasteiger partial charge in [-0.3, -0.25) is 0 Å². The van der Waals surface area contributed by atoms with E-state index in [1.54, 1.807) is 0 Å². The fourth-order valence-corrected chi connectivity index (χ4v) is 2.73. The van der Waals surface area contributed by atoms with Gasteiger partial charge in [0.1, 0.15) is 0 Å². The zero-order valence-corrected chi connectivity index (χ0v) is 7.88. The van der Waals surface area contributed by atoms with Gasteiger partial charge < -0.3 is 5.11 Å². The molecule has 1 saturated carbocycles. The molecule has 2 aliphatic rings.